The topological polar surface area (TPSA) is 23.5 Å². The average molecular weight is 364 g/mol. The van der Waals surface area contributed by atoms with Crippen LogP contribution in [0.1, 0.15) is 35.3 Å². The Bertz CT molecular complexity index is 813. The molecule has 132 valence electrons. The van der Waals surface area contributed by atoms with Gasteiger partial charge >= 0.3 is 0 Å². The summed E-state index contributed by atoms with van der Waals surface area (Å²) in [6.45, 7) is 0.969. The van der Waals surface area contributed by atoms with E-state index in [9.17, 15) is 5.11 Å². The van der Waals surface area contributed by atoms with Crippen molar-refractivity contribution in [2.45, 2.75) is 24.6 Å². The van der Waals surface area contributed by atoms with E-state index in [-0.39, 0.29) is 12.1 Å². The molecule has 3 aromatic carbocycles. The third kappa shape index (κ3) is 3.41. The molecule has 1 aliphatic heterocycles. The molecule has 3 heteroatoms. The van der Waals surface area contributed by atoms with E-state index in [1.165, 1.54) is 11.1 Å². The molecule has 0 saturated carbocycles. The van der Waals surface area contributed by atoms with Crippen molar-refractivity contribution in [2.75, 3.05) is 6.54 Å². The standard InChI is InChI=1S/C23H22ClNO/c24-20-13-7-12-19(16-20)23(26)21-14-15-25(21)22(17-8-3-1-4-9-17)18-10-5-2-6-11-18/h1-13,16,21-23,26H,14-15H2/t21-,23-/m0/s1. The van der Waals surface area contributed by atoms with Crippen LogP contribution in [0.2, 0.25) is 5.02 Å². The molecule has 0 bridgehead atoms. The Morgan fingerprint density at radius 3 is 1.88 bits per heavy atom. The first-order chi connectivity index (χ1) is 12.7. The predicted octanol–water partition coefficient (Wildman–Crippen LogP) is 5.24. The van der Waals surface area contributed by atoms with Crippen molar-refractivity contribution in [2.24, 2.45) is 0 Å². The monoisotopic (exact) mass is 363 g/mol. The highest BCUT2D eigenvalue weighted by molar-refractivity contribution is 6.30. The quantitative estimate of drug-likeness (QED) is 0.670. The van der Waals surface area contributed by atoms with Crippen LogP contribution in [0.15, 0.2) is 84.9 Å². The smallest absolute Gasteiger partial charge is 0.0946 e. The number of hydrogen-bond donors (Lipinski definition) is 1. The molecule has 26 heavy (non-hydrogen) atoms. The van der Waals surface area contributed by atoms with Crippen LogP contribution in [0.4, 0.5) is 0 Å². The van der Waals surface area contributed by atoms with Crippen molar-refractivity contribution < 1.29 is 5.11 Å². The fourth-order valence-corrected chi connectivity index (χ4v) is 4.04. The summed E-state index contributed by atoms with van der Waals surface area (Å²) in [5.41, 5.74) is 3.38. The summed E-state index contributed by atoms with van der Waals surface area (Å²) in [6.07, 6.45) is 0.432. The maximum atomic E-state index is 11.0. The minimum absolute atomic E-state index is 0.0823. The van der Waals surface area contributed by atoms with Crippen LogP contribution in [-0.4, -0.2) is 22.6 Å². The van der Waals surface area contributed by atoms with Gasteiger partial charge in [0.25, 0.3) is 0 Å². The van der Waals surface area contributed by atoms with Gasteiger partial charge < -0.3 is 5.11 Å². The molecule has 1 heterocycles. The van der Waals surface area contributed by atoms with E-state index in [4.69, 9.17) is 11.6 Å². The molecular formula is C23H22ClNO. The van der Waals surface area contributed by atoms with Crippen LogP contribution >= 0.6 is 11.6 Å². The van der Waals surface area contributed by atoms with E-state index >= 15 is 0 Å². The molecule has 3 aromatic rings. The average Bonchev–Trinajstić information content (AvgIpc) is 2.66. The molecule has 0 amide bonds. The highest BCUT2D eigenvalue weighted by Crippen LogP contribution is 2.40. The summed E-state index contributed by atoms with van der Waals surface area (Å²) in [7, 11) is 0. The van der Waals surface area contributed by atoms with Gasteiger partial charge in [0.15, 0.2) is 0 Å². The Labute approximate surface area is 159 Å². The molecule has 1 N–H and O–H groups in total. The molecule has 1 aliphatic rings. The predicted molar refractivity (Wildman–Crippen MR) is 106 cm³/mol. The third-order valence-corrected chi connectivity index (χ3v) is 5.46. The van der Waals surface area contributed by atoms with E-state index in [0.717, 1.165) is 18.5 Å². The lowest BCUT2D eigenvalue weighted by Gasteiger charge is -2.48. The van der Waals surface area contributed by atoms with Crippen molar-refractivity contribution in [3.05, 3.63) is 107 Å². The van der Waals surface area contributed by atoms with Gasteiger partial charge in [0.1, 0.15) is 0 Å². The summed E-state index contributed by atoms with van der Waals surface area (Å²) >= 11 is 6.12. The van der Waals surface area contributed by atoms with Gasteiger partial charge in [-0.15, -0.1) is 0 Å². The maximum Gasteiger partial charge on any atom is 0.0946 e. The van der Waals surface area contributed by atoms with Gasteiger partial charge in [-0.3, -0.25) is 4.90 Å². The molecule has 0 spiro atoms. The SMILES string of the molecule is O[C@@H](c1cccc(Cl)c1)[C@@H]1CCN1C(c1ccccc1)c1ccccc1. The van der Waals surface area contributed by atoms with Gasteiger partial charge in [0.2, 0.25) is 0 Å². The summed E-state index contributed by atoms with van der Waals surface area (Å²) in [6, 6.07) is 28.8. The Kier molecular flexibility index (Phi) is 5.07. The summed E-state index contributed by atoms with van der Waals surface area (Å²) in [5, 5.41) is 11.6. The van der Waals surface area contributed by atoms with Crippen LogP contribution in [0.25, 0.3) is 0 Å². The van der Waals surface area contributed by atoms with E-state index in [1.54, 1.807) is 0 Å². The number of aliphatic hydroxyl groups is 1. The second-order valence-electron chi connectivity index (χ2n) is 6.82. The van der Waals surface area contributed by atoms with E-state index in [0.29, 0.717) is 5.02 Å². The van der Waals surface area contributed by atoms with Crippen molar-refractivity contribution in [3.8, 4) is 0 Å². The Morgan fingerprint density at radius 1 is 0.808 bits per heavy atom. The summed E-state index contributed by atoms with van der Waals surface area (Å²) in [5.74, 6) is 0. The molecule has 4 rings (SSSR count). The van der Waals surface area contributed by atoms with Crippen molar-refractivity contribution in [1.29, 1.82) is 0 Å². The molecule has 1 saturated heterocycles. The fourth-order valence-electron chi connectivity index (χ4n) is 3.85. The van der Waals surface area contributed by atoms with Gasteiger partial charge in [-0.25, -0.2) is 0 Å². The molecular weight excluding hydrogens is 342 g/mol. The number of halogens is 1. The van der Waals surface area contributed by atoms with Gasteiger partial charge in [0.05, 0.1) is 12.1 Å². The minimum atomic E-state index is -0.544. The molecule has 0 unspecified atom stereocenters. The number of rotatable bonds is 5. The van der Waals surface area contributed by atoms with Gasteiger partial charge in [0, 0.05) is 17.6 Å². The highest BCUT2D eigenvalue weighted by atomic mass is 35.5. The zero-order chi connectivity index (χ0) is 17.9. The van der Waals surface area contributed by atoms with E-state index in [2.05, 4.69) is 53.4 Å². The van der Waals surface area contributed by atoms with E-state index in [1.807, 2.05) is 36.4 Å². The Balaban J connectivity index is 1.66. The maximum absolute atomic E-state index is 11.0. The molecule has 0 radical (unpaired) electrons. The van der Waals surface area contributed by atoms with Crippen LogP contribution in [0.5, 0.6) is 0 Å². The van der Waals surface area contributed by atoms with Gasteiger partial charge in [-0.1, -0.05) is 84.4 Å². The molecule has 2 atom stereocenters. The molecule has 2 nitrogen and oxygen atoms in total. The van der Waals surface area contributed by atoms with Gasteiger partial charge in [-0.05, 0) is 35.2 Å². The number of aliphatic hydroxyl groups excluding tert-OH is 1. The van der Waals surface area contributed by atoms with Crippen LogP contribution in [0, 0.1) is 0 Å². The number of nitrogens with zero attached hydrogens (tertiary/aromatic N) is 1. The zero-order valence-electron chi connectivity index (χ0n) is 14.5. The summed E-state index contributed by atoms with van der Waals surface area (Å²) < 4.78 is 0. The normalized spacial score (nSPS) is 18.5. The first-order valence-electron chi connectivity index (χ1n) is 9.03. The van der Waals surface area contributed by atoms with Gasteiger partial charge in [-0.2, -0.15) is 0 Å². The zero-order valence-corrected chi connectivity index (χ0v) is 15.3. The molecule has 0 aromatic heterocycles. The Morgan fingerprint density at radius 2 is 1.38 bits per heavy atom. The van der Waals surface area contributed by atoms with Crippen LogP contribution in [-0.2, 0) is 0 Å². The number of hydrogen-bond acceptors (Lipinski definition) is 2. The number of benzene rings is 3. The highest BCUT2D eigenvalue weighted by Gasteiger charge is 2.40. The first-order valence-corrected chi connectivity index (χ1v) is 9.41. The van der Waals surface area contributed by atoms with Crippen LogP contribution < -0.4 is 0 Å². The lowest BCUT2D eigenvalue weighted by molar-refractivity contribution is -0.0343. The molecule has 1 fully saturated rings. The fraction of sp³-hybridized carbons (Fsp3) is 0.217. The number of likely N-dealkylation sites (tertiary alicyclic amines) is 1. The second kappa shape index (κ2) is 7.63. The van der Waals surface area contributed by atoms with Crippen molar-refractivity contribution in [3.63, 3.8) is 0 Å². The molecule has 0 aliphatic carbocycles. The largest absolute Gasteiger partial charge is 0.387 e. The minimum Gasteiger partial charge on any atom is -0.387 e. The Hall–Kier alpha value is -2.13. The summed E-state index contributed by atoms with van der Waals surface area (Å²) in [4.78, 5) is 2.40. The van der Waals surface area contributed by atoms with Crippen molar-refractivity contribution >= 4 is 11.6 Å². The lowest BCUT2D eigenvalue weighted by atomic mass is 9.86. The third-order valence-electron chi connectivity index (χ3n) is 5.23. The van der Waals surface area contributed by atoms with Crippen LogP contribution in [0.3, 0.4) is 0 Å². The second-order valence-corrected chi connectivity index (χ2v) is 7.25. The van der Waals surface area contributed by atoms with E-state index < -0.39 is 6.10 Å². The lowest BCUT2D eigenvalue weighted by Crippen LogP contribution is -2.52. The first kappa shape index (κ1) is 17.3. The van der Waals surface area contributed by atoms with Crippen molar-refractivity contribution in [1.82, 2.24) is 4.90 Å².